The molecule has 0 aromatic heterocycles. The van der Waals surface area contributed by atoms with Gasteiger partial charge in [-0.2, -0.15) is 0 Å². The normalized spacial score (nSPS) is 12.2. The van der Waals surface area contributed by atoms with Gasteiger partial charge in [0.2, 0.25) is 21.8 Å². The molecule has 3 aromatic rings. The van der Waals surface area contributed by atoms with Gasteiger partial charge in [0.1, 0.15) is 12.6 Å². The Kier molecular flexibility index (Phi) is 10.8. The van der Waals surface area contributed by atoms with Crippen molar-refractivity contribution in [3.05, 3.63) is 100 Å². The van der Waals surface area contributed by atoms with Crippen molar-refractivity contribution in [1.82, 2.24) is 10.2 Å². The van der Waals surface area contributed by atoms with Gasteiger partial charge in [0, 0.05) is 19.5 Å². The van der Waals surface area contributed by atoms with Crippen LogP contribution in [0.15, 0.2) is 78.9 Å². The highest BCUT2D eigenvalue weighted by Gasteiger charge is 2.33. The monoisotopic (exact) mass is 589 g/mol. The van der Waals surface area contributed by atoms with Gasteiger partial charge in [-0.25, -0.2) is 8.42 Å². The molecule has 0 bridgehead atoms. The third-order valence-corrected chi connectivity index (χ3v) is 7.90. The maximum Gasteiger partial charge on any atom is 0.244 e. The van der Waals surface area contributed by atoms with E-state index in [1.54, 1.807) is 0 Å². The fraction of sp³-hybridized carbons (Fsp3) is 0.310. The summed E-state index contributed by atoms with van der Waals surface area (Å²) in [4.78, 5) is 29.0. The molecule has 0 saturated carbocycles. The fourth-order valence-electron chi connectivity index (χ4n) is 4.01. The van der Waals surface area contributed by atoms with Crippen LogP contribution in [0, 0.1) is 5.92 Å². The standard InChI is InChI=1S/C29H33Cl2N3O4S/c1-21(2)18-32-29(36)27(16-22-10-6-4-7-11-22)33(19-23-12-8-5-9-13-23)28(35)20-34(39(3,37)38)24-14-15-25(30)26(31)17-24/h4-15,17,21,27H,16,18-20H2,1-3H3,(H,32,36)/t27-/m1/s1. The molecule has 0 fully saturated rings. The molecular formula is C29H33Cl2N3O4S. The van der Waals surface area contributed by atoms with Crippen LogP contribution < -0.4 is 9.62 Å². The predicted octanol–water partition coefficient (Wildman–Crippen LogP) is 5.17. The van der Waals surface area contributed by atoms with Crippen LogP contribution in [0.2, 0.25) is 10.0 Å². The highest BCUT2D eigenvalue weighted by Crippen LogP contribution is 2.29. The average Bonchev–Trinajstić information content (AvgIpc) is 2.90. The highest BCUT2D eigenvalue weighted by atomic mass is 35.5. The number of amides is 2. The van der Waals surface area contributed by atoms with Gasteiger partial charge in [0.25, 0.3) is 0 Å². The summed E-state index contributed by atoms with van der Waals surface area (Å²) in [5.74, 6) is -0.631. The first-order valence-corrected chi connectivity index (χ1v) is 15.1. The van der Waals surface area contributed by atoms with Crippen LogP contribution in [0.5, 0.6) is 0 Å². The maximum absolute atomic E-state index is 14.0. The largest absolute Gasteiger partial charge is 0.354 e. The molecule has 0 spiro atoms. The smallest absolute Gasteiger partial charge is 0.244 e. The molecule has 39 heavy (non-hydrogen) atoms. The molecule has 3 rings (SSSR count). The molecule has 10 heteroatoms. The van der Waals surface area contributed by atoms with Gasteiger partial charge in [-0.1, -0.05) is 97.7 Å². The molecule has 0 aliphatic rings. The number of hydrogen-bond donors (Lipinski definition) is 1. The summed E-state index contributed by atoms with van der Waals surface area (Å²) in [6.45, 7) is 4.01. The lowest BCUT2D eigenvalue weighted by Gasteiger charge is -2.33. The number of nitrogens with one attached hydrogen (secondary N) is 1. The second-order valence-corrected chi connectivity index (χ2v) is 12.4. The Bertz CT molecular complexity index is 1370. The van der Waals surface area contributed by atoms with Gasteiger partial charge in [0.05, 0.1) is 22.0 Å². The summed E-state index contributed by atoms with van der Waals surface area (Å²) in [6.07, 6.45) is 1.27. The van der Waals surface area contributed by atoms with E-state index in [1.165, 1.54) is 23.1 Å². The van der Waals surface area contributed by atoms with Crippen molar-refractivity contribution >= 4 is 50.7 Å². The van der Waals surface area contributed by atoms with Crippen molar-refractivity contribution in [2.24, 2.45) is 5.92 Å². The summed E-state index contributed by atoms with van der Waals surface area (Å²) in [7, 11) is -3.89. The highest BCUT2D eigenvalue weighted by molar-refractivity contribution is 7.92. The van der Waals surface area contributed by atoms with E-state index < -0.39 is 28.5 Å². The lowest BCUT2D eigenvalue weighted by molar-refractivity contribution is -0.140. The third-order valence-electron chi connectivity index (χ3n) is 6.02. The second kappa shape index (κ2) is 13.8. The van der Waals surface area contributed by atoms with Crippen LogP contribution in [0.25, 0.3) is 0 Å². The zero-order chi connectivity index (χ0) is 28.6. The van der Waals surface area contributed by atoms with Crippen molar-refractivity contribution in [2.75, 3.05) is 23.7 Å². The number of anilines is 1. The van der Waals surface area contributed by atoms with E-state index in [0.717, 1.165) is 21.7 Å². The summed E-state index contributed by atoms with van der Waals surface area (Å²) in [6, 6.07) is 22.2. The molecule has 208 valence electrons. The van der Waals surface area contributed by atoms with Crippen molar-refractivity contribution in [3.8, 4) is 0 Å². The first-order valence-electron chi connectivity index (χ1n) is 12.5. The van der Waals surface area contributed by atoms with E-state index in [4.69, 9.17) is 23.2 Å². The Labute approximate surface area is 240 Å². The molecule has 0 heterocycles. The van der Waals surface area contributed by atoms with E-state index in [1.807, 2.05) is 74.5 Å². The van der Waals surface area contributed by atoms with Gasteiger partial charge in [-0.15, -0.1) is 0 Å². The summed E-state index contributed by atoms with van der Waals surface area (Å²) < 4.78 is 26.6. The zero-order valence-electron chi connectivity index (χ0n) is 22.2. The van der Waals surface area contributed by atoms with Gasteiger partial charge in [-0.3, -0.25) is 13.9 Å². The SMILES string of the molecule is CC(C)CNC(=O)[C@@H](Cc1ccccc1)N(Cc1ccccc1)C(=O)CN(c1ccc(Cl)c(Cl)c1)S(C)(=O)=O. The maximum atomic E-state index is 14.0. The lowest BCUT2D eigenvalue weighted by atomic mass is 10.0. The first-order chi connectivity index (χ1) is 18.5. The Morgan fingerprint density at radius 1 is 0.872 bits per heavy atom. The molecular weight excluding hydrogens is 557 g/mol. The van der Waals surface area contributed by atoms with E-state index in [0.29, 0.717) is 6.54 Å². The minimum Gasteiger partial charge on any atom is -0.354 e. The molecule has 3 aromatic carbocycles. The van der Waals surface area contributed by atoms with Crippen LogP contribution in [0.1, 0.15) is 25.0 Å². The van der Waals surface area contributed by atoms with Gasteiger partial charge < -0.3 is 10.2 Å². The summed E-state index contributed by atoms with van der Waals surface area (Å²) >= 11 is 12.2. The number of benzene rings is 3. The first kappa shape index (κ1) is 30.5. The van der Waals surface area contributed by atoms with Crippen LogP contribution in [0.3, 0.4) is 0 Å². The lowest BCUT2D eigenvalue weighted by Crippen LogP contribution is -2.53. The Balaban J connectivity index is 2.03. The molecule has 0 unspecified atom stereocenters. The van der Waals surface area contributed by atoms with Crippen molar-refractivity contribution in [2.45, 2.75) is 32.9 Å². The van der Waals surface area contributed by atoms with Crippen LogP contribution in [-0.4, -0.2) is 50.5 Å². The number of carbonyl (C=O) groups is 2. The van der Waals surface area contributed by atoms with Gasteiger partial charge in [-0.05, 0) is 35.2 Å². The molecule has 7 nitrogen and oxygen atoms in total. The molecule has 1 atom stereocenters. The van der Waals surface area contributed by atoms with Crippen molar-refractivity contribution in [3.63, 3.8) is 0 Å². The van der Waals surface area contributed by atoms with E-state index in [-0.39, 0.29) is 40.5 Å². The molecule has 0 aliphatic carbocycles. The minimum absolute atomic E-state index is 0.116. The number of hydrogen-bond acceptors (Lipinski definition) is 4. The molecule has 1 N–H and O–H groups in total. The minimum atomic E-state index is -3.89. The van der Waals surface area contributed by atoms with Crippen molar-refractivity contribution < 1.29 is 18.0 Å². The number of carbonyl (C=O) groups excluding carboxylic acids is 2. The van der Waals surface area contributed by atoms with E-state index in [9.17, 15) is 18.0 Å². The van der Waals surface area contributed by atoms with Gasteiger partial charge in [0.15, 0.2) is 0 Å². The fourth-order valence-corrected chi connectivity index (χ4v) is 5.14. The third kappa shape index (κ3) is 8.98. The number of halogens is 2. The Morgan fingerprint density at radius 3 is 2.00 bits per heavy atom. The Hall–Kier alpha value is -3.07. The number of nitrogens with zero attached hydrogens (tertiary/aromatic N) is 2. The van der Waals surface area contributed by atoms with Crippen LogP contribution in [0.4, 0.5) is 5.69 Å². The van der Waals surface area contributed by atoms with Crippen molar-refractivity contribution in [1.29, 1.82) is 0 Å². The van der Waals surface area contributed by atoms with E-state index in [2.05, 4.69) is 5.32 Å². The van der Waals surface area contributed by atoms with Crippen LogP contribution in [-0.2, 0) is 32.6 Å². The zero-order valence-corrected chi connectivity index (χ0v) is 24.5. The average molecular weight is 591 g/mol. The topological polar surface area (TPSA) is 86.8 Å². The second-order valence-electron chi connectivity index (χ2n) is 9.72. The number of rotatable bonds is 12. The molecule has 0 saturated heterocycles. The molecule has 0 aliphatic heterocycles. The quantitative estimate of drug-likeness (QED) is 0.315. The summed E-state index contributed by atoms with van der Waals surface area (Å²) in [5, 5.41) is 3.37. The van der Waals surface area contributed by atoms with Crippen LogP contribution >= 0.6 is 23.2 Å². The molecule has 0 radical (unpaired) electrons. The van der Waals surface area contributed by atoms with Gasteiger partial charge >= 0.3 is 0 Å². The summed E-state index contributed by atoms with van der Waals surface area (Å²) in [5.41, 5.74) is 1.88. The Morgan fingerprint density at radius 2 is 1.46 bits per heavy atom. The van der Waals surface area contributed by atoms with E-state index >= 15 is 0 Å². The predicted molar refractivity (Wildman–Crippen MR) is 157 cm³/mol. The number of sulfonamides is 1. The molecule has 2 amide bonds.